The van der Waals surface area contributed by atoms with Crippen molar-refractivity contribution in [2.45, 2.75) is 104 Å². The summed E-state index contributed by atoms with van der Waals surface area (Å²) in [5.41, 5.74) is 7.39. The molecule has 0 unspecified atom stereocenters. The molecular formula is C31H47N3O5Si2. The number of nitrogens with zero attached hydrogens (tertiary/aromatic N) is 2. The van der Waals surface area contributed by atoms with Crippen LogP contribution in [0.25, 0.3) is 22.2 Å². The lowest BCUT2D eigenvalue weighted by atomic mass is 9.97. The van der Waals surface area contributed by atoms with Crippen LogP contribution in [-0.2, 0) is 26.2 Å². The van der Waals surface area contributed by atoms with E-state index < -0.39 is 25.4 Å². The highest BCUT2D eigenvalue weighted by atomic mass is 28.3. The number of pyridine rings is 1. The first-order chi connectivity index (χ1) is 18.7. The number of hydrogen-bond donors (Lipinski definition) is 1. The minimum absolute atomic E-state index is 0.0418. The molecule has 0 amide bonds. The molecule has 2 heterocycles. The van der Waals surface area contributed by atoms with Crippen molar-refractivity contribution >= 4 is 40.5 Å². The van der Waals surface area contributed by atoms with Gasteiger partial charge in [-0.1, -0.05) is 46.5 Å². The van der Waals surface area contributed by atoms with E-state index in [2.05, 4.69) is 40.4 Å². The molecule has 0 saturated carbocycles. The van der Waals surface area contributed by atoms with Gasteiger partial charge in [-0.3, -0.25) is 9.36 Å². The predicted molar refractivity (Wildman–Crippen MR) is 171 cm³/mol. The van der Waals surface area contributed by atoms with E-state index in [-0.39, 0.29) is 17.3 Å². The zero-order valence-electron chi connectivity index (χ0n) is 26.6. The van der Waals surface area contributed by atoms with E-state index in [4.69, 9.17) is 19.6 Å². The van der Waals surface area contributed by atoms with Crippen LogP contribution in [0, 0.1) is 0 Å². The molecule has 3 aromatic rings. The summed E-state index contributed by atoms with van der Waals surface area (Å²) in [5.74, 6) is 0. The molecule has 0 saturated heterocycles. The zero-order chi connectivity index (χ0) is 31.0. The van der Waals surface area contributed by atoms with Crippen molar-refractivity contribution in [2.24, 2.45) is 0 Å². The van der Waals surface area contributed by atoms with E-state index in [1.807, 2.05) is 58.9 Å². The standard InChI is InChI=1S/C31H47N3O5Si2/c1-29(2,3)38-28(36)34-25-13-12-22(31(7,8)39-40-30(4,5)6)16-21(25)17-26(34)24-18-23(32)19-33(27(24)35)20-37-14-15-41(9,10)11/h12-13,16-19H,14-15,20,32H2,1-11H3. The lowest BCUT2D eigenvalue weighted by molar-refractivity contribution is 0.0547. The number of rotatable bonds is 9. The molecule has 1 aromatic carbocycles. The molecule has 0 aliphatic rings. The van der Waals surface area contributed by atoms with Gasteiger partial charge in [0.05, 0.1) is 22.4 Å². The molecule has 3 rings (SSSR count). The highest BCUT2D eigenvalue weighted by molar-refractivity contribution is 6.76. The van der Waals surface area contributed by atoms with Crippen molar-refractivity contribution in [2.75, 3.05) is 12.3 Å². The number of benzene rings is 1. The Kier molecular flexibility index (Phi) is 9.54. The molecule has 2 N–H and O–H groups in total. The number of nitrogen functional groups attached to an aromatic ring is 1. The Bertz CT molecular complexity index is 1450. The smallest absolute Gasteiger partial charge is 0.419 e. The fourth-order valence-corrected chi connectivity index (χ4v) is 5.55. The van der Waals surface area contributed by atoms with Gasteiger partial charge < -0.3 is 19.6 Å². The highest BCUT2D eigenvalue weighted by Crippen LogP contribution is 2.34. The first-order valence-corrected chi connectivity index (χ1v) is 18.7. The third-order valence-corrected chi connectivity index (χ3v) is 9.22. The molecule has 8 nitrogen and oxygen atoms in total. The fourth-order valence-electron chi connectivity index (χ4n) is 4.11. The Hall–Kier alpha value is -2.67. The number of aromatic nitrogens is 2. The van der Waals surface area contributed by atoms with Gasteiger partial charge in [-0.2, -0.15) is 0 Å². The summed E-state index contributed by atoms with van der Waals surface area (Å²) in [6.45, 7) is 23.4. The normalized spacial score (nSPS) is 13.1. The maximum Gasteiger partial charge on any atom is 0.419 e. The summed E-state index contributed by atoms with van der Waals surface area (Å²) in [5, 5.41) is 0.832. The fraction of sp³-hybridized carbons (Fsp3) is 0.548. The number of nitrogens with two attached hydrogens (primary N) is 1. The Morgan fingerprint density at radius 1 is 1.00 bits per heavy atom. The van der Waals surface area contributed by atoms with Gasteiger partial charge in [-0.15, -0.1) is 0 Å². The summed E-state index contributed by atoms with van der Waals surface area (Å²) in [7, 11) is -0.966. The number of ether oxygens (including phenoxy) is 2. The molecule has 0 bridgehead atoms. The van der Waals surface area contributed by atoms with E-state index in [0.717, 1.165) is 17.0 Å². The van der Waals surface area contributed by atoms with Gasteiger partial charge in [0.25, 0.3) is 5.56 Å². The Morgan fingerprint density at radius 3 is 2.24 bits per heavy atom. The molecular weight excluding hydrogens is 551 g/mol. The van der Waals surface area contributed by atoms with E-state index in [0.29, 0.717) is 38.8 Å². The van der Waals surface area contributed by atoms with Gasteiger partial charge >= 0.3 is 6.09 Å². The van der Waals surface area contributed by atoms with Gasteiger partial charge in [0, 0.05) is 32.0 Å². The second-order valence-electron chi connectivity index (χ2n) is 14.4. The zero-order valence-corrected chi connectivity index (χ0v) is 28.6. The summed E-state index contributed by atoms with van der Waals surface area (Å²) in [6, 6.07) is 10.3. The second kappa shape index (κ2) is 11.9. The molecule has 0 aliphatic heterocycles. The van der Waals surface area contributed by atoms with Crippen molar-refractivity contribution in [3.05, 3.63) is 52.4 Å². The lowest BCUT2D eigenvalue weighted by Crippen LogP contribution is -2.29. The molecule has 2 radical (unpaired) electrons. The summed E-state index contributed by atoms with van der Waals surface area (Å²) >= 11 is 0. The van der Waals surface area contributed by atoms with Gasteiger partial charge in [0.15, 0.2) is 0 Å². The quantitative estimate of drug-likeness (QED) is 0.206. The van der Waals surface area contributed by atoms with Gasteiger partial charge in [0.2, 0.25) is 9.76 Å². The number of anilines is 1. The van der Waals surface area contributed by atoms with Gasteiger partial charge in [0.1, 0.15) is 12.3 Å². The lowest BCUT2D eigenvalue weighted by Gasteiger charge is -2.29. The minimum Gasteiger partial charge on any atom is -0.443 e. The Morgan fingerprint density at radius 2 is 1.66 bits per heavy atom. The molecule has 41 heavy (non-hydrogen) atoms. The molecule has 0 atom stereocenters. The Labute approximate surface area is 248 Å². The van der Waals surface area contributed by atoms with Crippen LogP contribution in [0.4, 0.5) is 10.5 Å². The van der Waals surface area contributed by atoms with Crippen LogP contribution in [0.5, 0.6) is 0 Å². The van der Waals surface area contributed by atoms with Crippen LogP contribution in [0.2, 0.25) is 30.7 Å². The SMILES string of the molecule is CC(C)(C)OC(=O)n1c(-c2cc(N)cn(COCC[Si](C)(C)C)c2=O)cc2cc(C(C)(C)O[Si]C(C)(C)C)ccc21. The van der Waals surface area contributed by atoms with Crippen molar-refractivity contribution in [3.63, 3.8) is 0 Å². The van der Waals surface area contributed by atoms with E-state index in [1.54, 1.807) is 12.3 Å². The summed E-state index contributed by atoms with van der Waals surface area (Å²) < 4.78 is 20.9. The van der Waals surface area contributed by atoms with Crippen molar-refractivity contribution in [1.29, 1.82) is 0 Å². The third-order valence-electron chi connectivity index (χ3n) is 6.30. The average Bonchev–Trinajstić information content (AvgIpc) is 3.19. The van der Waals surface area contributed by atoms with Crippen LogP contribution in [-0.4, -0.2) is 45.3 Å². The molecule has 0 spiro atoms. The first-order valence-electron chi connectivity index (χ1n) is 14.1. The monoisotopic (exact) mass is 597 g/mol. The van der Waals surface area contributed by atoms with Gasteiger partial charge in [-0.05, 0) is 75.5 Å². The molecule has 0 fully saturated rings. The average molecular weight is 598 g/mol. The molecule has 0 aliphatic carbocycles. The van der Waals surface area contributed by atoms with Gasteiger partial charge in [-0.25, -0.2) is 9.36 Å². The molecule has 10 heteroatoms. The number of carbonyl (C=O) groups is 1. The maximum absolute atomic E-state index is 13.7. The Balaban J connectivity index is 2.13. The van der Waals surface area contributed by atoms with Crippen LogP contribution in [0.3, 0.4) is 0 Å². The second-order valence-corrected chi connectivity index (χ2v) is 21.9. The number of hydrogen-bond acceptors (Lipinski definition) is 6. The molecule has 224 valence electrons. The third kappa shape index (κ3) is 8.91. The van der Waals surface area contributed by atoms with E-state index in [9.17, 15) is 9.59 Å². The van der Waals surface area contributed by atoms with Crippen LogP contribution in [0.1, 0.15) is 61.0 Å². The van der Waals surface area contributed by atoms with Crippen molar-refractivity contribution < 1.29 is 18.7 Å². The van der Waals surface area contributed by atoms with Crippen molar-refractivity contribution in [1.82, 2.24) is 9.13 Å². The van der Waals surface area contributed by atoms with E-state index >= 15 is 0 Å². The largest absolute Gasteiger partial charge is 0.443 e. The molecule has 2 aromatic heterocycles. The highest BCUT2D eigenvalue weighted by Gasteiger charge is 2.28. The van der Waals surface area contributed by atoms with Crippen LogP contribution in [0.15, 0.2) is 41.3 Å². The maximum atomic E-state index is 13.7. The predicted octanol–water partition coefficient (Wildman–Crippen LogP) is 7.24. The number of carbonyl (C=O) groups excluding carboxylic acids is 1. The first kappa shape index (κ1) is 32.8. The van der Waals surface area contributed by atoms with E-state index in [1.165, 1.54) is 9.13 Å². The van der Waals surface area contributed by atoms with Crippen molar-refractivity contribution in [3.8, 4) is 11.3 Å². The summed E-state index contributed by atoms with van der Waals surface area (Å²) in [6.07, 6.45) is 1.01. The number of fused-ring (bicyclic) bond motifs is 1. The minimum atomic E-state index is -1.28. The topological polar surface area (TPSA) is 97.7 Å². The van der Waals surface area contributed by atoms with Crippen LogP contribution >= 0.6 is 0 Å². The van der Waals surface area contributed by atoms with Crippen LogP contribution < -0.4 is 11.3 Å². The summed E-state index contributed by atoms with van der Waals surface area (Å²) in [4.78, 5) is 27.3.